The maximum absolute atomic E-state index is 4.79. The van der Waals surface area contributed by atoms with E-state index in [-0.39, 0.29) is 5.65 Å². The van der Waals surface area contributed by atoms with Gasteiger partial charge in [-0.3, -0.25) is 10.5 Å². The fraction of sp³-hybridized carbons (Fsp3) is 0.0909. The summed E-state index contributed by atoms with van der Waals surface area (Å²) in [5, 5.41) is 22.4. The monoisotopic (exact) mass is 425 g/mol. The Balaban J connectivity index is 1.57. The second-order valence-corrected chi connectivity index (χ2v) is 7.13. The van der Waals surface area contributed by atoms with Gasteiger partial charge in [-0.05, 0) is 41.4 Å². The van der Waals surface area contributed by atoms with E-state index >= 15 is 0 Å². The lowest BCUT2D eigenvalue weighted by Crippen LogP contribution is -2.09. The Morgan fingerprint density at radius 2 is 1.69 bits per heavy atom. The highest BCUT2D eigenvalue weighted by atomic mass is 16.6. The zero-order valence-electron chi connectivity index (χ0n) is 17.4. The molecular weight excluding hydrogens is 406 g/mol. The van der Waals surface area contributed by atoms with Crippen molar-refractivity contribution in [2.45, 2.75) is 13.8 Å². The Kier molecular flexibility index (Phi) is 5.00. The molecule has 3 N–H and O–H groups in total. The van der Waals surface area contributed by atoms with Crippen molar-refractivity contribution in [1.82, 2.24) is 30.5 Å². The van der Waals surface area contributed by atoms with Gasteiger partial charge in [-0.2, -0.15) is 15.2 Å². The normalized spacial score (nSPS) is 11.6. The predicted octanol–water partition coefficient (Wildman–Crippen LogP) is 3.96. The highest BCUT2D eigenvalue weighted by molar-refractivity contribution is 6.12. The Bertz CT molecular complexity index is 1390. The molecule has 0 unspecified atom stereocenters. The molecule has 0 spiro atoms. The molecule has 10 nitrogen and oxygen atoms in total. The van der Waals surface area contributed by atoms with Crippen molar-refractivity contribution in [3.63, 3.8) is 0 Å². The number of aryl methyl sites for hydroxylation is 1. The average molecular weight is 425 g/mol. The van der Waals surface area contributed by atoms with Crippen molar-refractivity contribution in [1.29, 1.82) is 0 Å². The smallest absolute Gasteiger partial charge is 0.245 e. The molecule has 0 aliphatic rings. The van der Waals surface area contributed by atoms with Crippen molar-refractivity contribution < 1.29 is 4.63 Å². The third kappa shape index (κ3) is 3.76. The molecule has 0 saturated heterocycles. The standard InChI is InChI=1S/C22H19N9O/c1-13-7-6-10-17(14(13)2)25-19-20(27-22-21(26-19)30-32-31-22)29-28-18(16-11-23-24-12-16)15-8-4-3-5-9-15/h3-12H,1-2H3,(H,23,24)(H,25,26,30)(H,27,29,31). The van der Waals surface area contributed by atoms with Gasteiger partial charge in [-0.25, -0.2) is 9.61 Å². The Hall–Kier alpha value is -4.60. The van der Waals surface area contributed by atoms with Gasteiger partial charge in [-0.15, -0.1) is 0 Å². The fourth-order valence-corrected chi connectivity index (χ4v) is 3.20. The first-order valence-electron chi connectivity index (χ1n) is 9.91. The molecule has 5 rings (SSSR count). The Labute approximate surface area is 182 Å². The Morgan fingerprint density at radius 3 is 2.44 bits per heavy atom. The van der Waals surface area contributed by atoms with Crippen LogP contribution in [0.5, 0.6) is 0 Å². The third-order valence-electron chi connectivity index (χ3n) is 5.06. The summed E-state index contributed by atoms with van der Waals surface area (Å²) in [6.07, 6.45) is 3.48. The number of H-pyrrole nitrogens is 1. The van der Waals surface area contributed by atoms with E-state index in [1.54, 1.807) is 12.4 Å². The van der Waals surface area contributed by atoms with Gasteiger partial charge in [-0.1, -0.05) is 42.5 Å². The lowest BCUT2D eigenvalue weighted by atomic mass is 10.1. The van der Waals surface area contributed by atoms with Crippen LogP contribution in [0.3, 0.4) is 0 Å². The van der Waals surface area contributed by atoms with E-state index < -0.39 is 0 Å². The molecule has 0 atom stereocenters. The van der Waals surface area contributed by atoms with Crippen molar-refractivity contribution >= 4 is 34.3 Å². The third-order valence-corrected chi connectivity index (χ3v) is 5.06. The average Bonchev–Trinajstić information content (AvgIpc) is 3.50. The largest absolute Gasteiger partial charge is 0.337 e. The van der Waals surface area contributed by atoms with Gasteiger partial charge in [0.15, 0.2) is 11.6 Å². The van der Waals surface area contributed by atoms with Crippen LogP contribution in [0.1, 0.15) is 22.3 Å². The molecule has 3 heterocycles. The number of nitrogens with one attached hydrogen (secondary N) is 3. The van der Waals surface area contributed by atoms with Crippen molar-refractivity contribution in [2.75, 3.05) is 10.7 Å². The SMILES string of the molecule is Cc1cccc(Nc2nc3nonc3nc2NN=C(c2ccccc2)c2cn[nH]c2)c1C. The number of aromatic amines is 1. The molecule has 3 aromatic heterocycles. The van der Waals surface area contributed by atoms with Crippen LogP contribution in [0.2, 0.25) is 0 Å². The van der Waals surface area contributed by atoms with Gasteiger partial charge in [0.1, 0.15) is 5.71 Å². The van der Waals surface area contributed by atoms with E-state index in [1.165, 1.54) is 0 Å². The number of benzene rings is 2. The maximum atomic E-state index is 4.79. The topological polar surface area (TPSA) is 130 Å². The van der Waals surface area contributed by atoms with Gasteiger partial charge in [0, 0.05) is 23.0 Å². The fourth-order valence-electron chi connectivity index (χ4n) is 3.20. The van der Waals surface area contributed by atoms with Crippen molar-refractivity contribution in [2.24, 2.45) is 5.10 Å². The summed E-state index contributed by atoms with van der Waals surface area (Å²) in [4.78, 5) is 9.02. The number of fused-ring (bicyclic) bond motifs is 1. The zero-order chi connectivity index (χ0) is 21.9. The predicted molar refractivity (Wildman–Crippen MR) is 121 cm³/mol. The second kappa shape index (κ2) is 8.26. The molecule has 0 amide bonds. The van der Waals surface area contributed by atoms with E-state index in [0.717, 1.165) is 27.9 Å². The molecule has 5 aromatic rings. The Morgan fingerprint density at radius 1 is 0.906 bits per heavy atom. The number of hydrogen-bond donors (Lipinski definition) is 3. The summed E-state index contributed by atoms with van der Waals surface area (Å²) in [5.74, 6) is 0.830. The van der Waals surface area contributed by atoms with Crippen molar-refractivity contribution in [3.05, 3.63) is 83.2 Å². The van der Waals surface area contributed by atoms with Crippen LogP contribution >= 0.6 is 0 Å². The molecule has 0 fully saturated rings. The summed E-state index contributed by atoms with van der Waals surface area (Å²) in [6, 6.07) is 15.8. The van der Waals surface area contributed by atoms with Crippen LogP contribution in [-0.4, -0.2) is 36.2 Å². The van der Waals surface area contributed by atoms with Crippen LogP contribution in [0.15, 0.2) is 70.7 Å². The van der Waals surface area contributed by atoms with E-state index in [2.05, 4.69) is 59.3 Å². The van der Waals surface area contributed by atoms with E-state index in [0.29, 0.717) is 23.0 Å². The number of hydrazone groups is 1. The number of nitrogens with zero attached hydrogens (tertiary/aromatic N) is 6. The van der Waals surface area contributed by atoms with Gasteiger partial charge in [0.05, 0.1) is 6.20 Å². The summed E-state index contributed by atoms with van der Waals surface area (Å²) in [6.45, 7) is 4.09. The highest BCUT2D eigenvalue weighted by Crippen LogP contribution is 2.27. The zero-order valence-corrected chi connectivity index (χ0v) is 17.4. The summed E-state index contributed by atoms with van der Waals surface area (Å²) in [5.41, 5.74) is 9.21. The lowest BCUT2D eigenvalue weighted by Gasteiger charge is -2.13. The van der Waals surface area contributed by atoms with E-state index in [4.69, 9.17) is 4.63 Å². The van der Waals surface area contributed by atoms with Crippen molar-refractivity contribution in [3.8, 4) is 0 Å². The first-order chi connectivity index (χ1) is 15.7. The molecule has 0 aliphatic carbocycles. The molecule has 0 radical (unpaired) electrons. The van der Waals surface area contributed by atoms with E-state index in [1.807, 2.05) is 49.4 Å². The molecule has 32 heavy (non-hydrogen) atoms. The van der Waals surface area contributed by atoms with Gasteiger partial charge >= 0.3 is 0 Å². The van der Waals surface area contributed by atoms with Gasteiger partial charge in [0.25, 0.3) is 0 Å². The molecule has 0 aliphatic heterocycles. The molecular formula is C22H19N9O. The molecule has 0 bridgehead atoms. The molecule has 158 valence electrons. The summed E-state index contributed by atoms with van der Waals surface area (Å²) in [7, 11) is 0. The summed E-state index contributed by atoms with van der Waals surface area (Å²) >= 11 is 0. The number of hydrogen-bond acceptors (Lipinski definition) is 9. The van der Waals surface area contributed by atoms with Crippen LogP contribution < -0.4 is 10.7 Å². The summed E-state index contributed by atoms with van der Waals surface area (Å²) < 4.78 is 4.79. The quantitative estimate of drug-likeness (QED) is 0.275. The molecule has 0 saturated carbocycles. The van der Waals surface area contributed by atoms with Crippen LogP contribution in [0.25, 0.3) is 11.3 Å². The van der Waals surface area contributed by atoms with Gasteiger partial charge < -0.3 is 5.32 Å². The lowest BCUT2D eigenvalue weighted by molar-refractivity contribution is 0.314. The minimum Gasteiger partial charge on any atom is -0.337 e. The first-order valence-corrected chi connectivity index (χ1v) is 9.91. The number of rotatable bonds is 6. The second-order valence-electron chi connectivity index (χ2n) is 7.13. The molecule has 2 aromatic carbocycles. The minimum absolute atomic E-state index is 0.277. The van der Waals surface area contributed by atoms with Gasteiger partial charge in [0.2, 0.25) is 11.3 Å². The minimum atomic E-state index is 0.277. The molecule has 10 heteroatoms. The van der Waals surface area contributed by atoms with Crippen LogP contribution in [0, 0.1) is 13.8 Å². The maximum Gasteiger partial charge on any atom is 0.245 e. The highest BCUT2D eigenvalue weighted by Gasteiger charge is 2.15. The van der Waals surface area contributed by atoms with Crippen LogP contribution in [-0.2, 0) is 0 Å². The number of anilines is 3. The first kappa shape index (κ1) is 19.4. The van der Waals surface area contributed by atoms with E-state index in [9.17, 15) is 0 Å². The number of aromatic nitrogens is 6. The van der Waals surface area contributed by atoms with Crippen LogP contribution in [0.4, 0.5) is 17.3 Å².